The van der Waals surface area contributed by atoms with Crippen molar-refractivity contribution in [2.75, 3.05) is 6.54 Å². The average Bonchev–Trinajstić information content (AvgIpc) is 2.53. The van der Waals surface area contributed by atoms with Crippen LogP contribution < -0.4 is 10.6 Å². The minimum atomic E-state index is -0.0643. The molecule has 1 aliphatic rings. The van der Waals surface area contributed by atoms with Crippen molar-refractivity contribution in [2.45, 2.75) is 45.6 Å². The maximum atomic E-state index is 11.4. The van der Waals surface area contributed by atoms with E-state index in [1.54, 1.807) is 0 Å². The van der Waals surface area contributed by atoms with Crippen molar-refractivity contribution in [2.24, 2.45) is 4.99 Å². The minimum absolute atomic E-state index is 0.0632. The molecule has 1 fully saturated rings. The second-order valence-electron chi connectivity index (χ2n) is 3.56. The Hall–Kier alpha value is -1.06. The number of carbonyl (C=O) groups is 1. The van der Waals surface area contributed by atoms with Crippen LogP contribution >= 0.6 is 0 Å². The summed E-state index contributed by atoms with van der Waals surface area (Å²) < 4.78 is 0. The Morgan fingerprint density at radius 2 is 2.14 bits per heavy atom. The fourth-order valence-electron chi connectivity index (χ4n) is 1.39. The summed E-state index contributed by atoms with van der Waals surface area (Å²) in [6.07, 6.45) is 4.09. The maximum absolute atomic E-state index is 11.4. The van der Waals surface area contributed by atoms with Gasteiger partial charge in [0.2, 0.25) is 5.91 Å². The van der Waals surface area contributed by atoms with Gasteiger partial charge in [-0.2, -0.15) is 0 Å². The Kier molecular flexibility index (Phi) is 4.43. The molecule has 0 radical (unpaired) electrons. The lowest BCUT2D eigenvalue weighted by molar-refractivity contribution is -0.120. The second-order valence-corrected chi connectivity index (χ2v) is 3.56. The molecule has 0 aromatic carbocycles. The summed E-state index contributed by atoms with van der Waals surface area (Å²) >= 11 is 0. The van der Waals surface area contributed by atoms with Gasteiger partial charge >= 0.3 is 0 Å². The number of hydrogen-bond donors (Lipinski definition) is 2. The maximum Gasteiger partial charge on any atom is 0.249 e. The van der Waals surface area contributed by atoms with E-state index in [1.165, 1.54) is 0 Å². The number of unbranched alkanes of at least 4 members (excludes halogenated alkanes) is 1. The van der Waals surface area contributed by atoms with Crippen molar-refractivity contribution in [3.05, 3.63) is 0 Å². The van der Waals surface area contributed by atoms with Crippen LogP contribution in [0.4, 0.5) is 0 Å². The van der Waals surface area contributed by atoms with Gasteiger partial charge in [-0.25, -0.2) is 0 Å². The predicted octanol–water partition coefficient (Wildman–Crippen LogP) is 1.03. The standard InChI is InChI=1S/C10H19N3O/c1-3-5-6-8-9(14)13-10(12-8)11-7-4-2/h8H,3-7H2,1-2H3,(H2,11,12,13,14). The van der Waals surface area contributed by atoms with Crippen LogP contribution in [0, 0.1) is 0 Å². The molecule has 1 amide bonds. The first-order valence-electron chi connectivity index (χ1n) is 5.39. The molecule has 0 saturated carbocycles. The van der Waals surface area contributed by atoms with Gasteiger partial charge in [-0.05, 0) is 12.8 Å². The molecule has 1 aliphatic heterocycles. The number of guanidine groups is 1. The molecule has 0 aliphatic carbocycles. The molecule has 80 valence electrons. The number of nitrogens with zero attached hydrogens (tertiary/aromatic N) is 1. The molecule has 1 saturated heterocycles. The molecule has 0 spiro atoms. The molecule has 1 rings (SSSR count). The fourth-order valence-corrected chi connectivity index (χ4v) is 1.39. The van der Waals surface area contributed by atoms with E-state index in [4.69, 9.17) is 0 Å². The van der Waals surface area contributed by atoms with Gasteiger partial charge in [0.05, 0.1) is 0 Å². The number of rotatable bonds is 5. The Bertz CT molecular complexity index is 225. The molecule has 0 bridgehead atoms. The van der Waals surface area contributed by atoms with Crippen LogP contribution in [0.3, 0.4) is 0 Å². The summed E-state index contributed by atoms with van der Waals surface area (Å²) in [4.78, 5) is 15.6. The summed E-state index contributed by atoms with van der Waals surface area (Å²) in [5, 5.41) is 5.85. The van der Waals surface area contributed by atoms with Gasteiger partial charge in [0, 0.05) is 6.54 Å². The smallest absolute Gasteiger partial charge is 0.249 e. The zero-order valence-electron chi connectivity index (χ0n) is 8.97. The third-order valence-corrected chi connectivity index (χ3v) is 2.21. The summed E-state index contributed by atoms with van der Waals surface area (Å²) in [5.41, 5.74) is 0. The number of carbonyl (C=O) groups excluding carboxylic acids is 1. The molecule has 4 nitrogen and oxygen atoms in total. The first-order valence-corrected chi connectivity index (χ1v) is 5.39. The van der Waals surface area contributed by atoms with Crippen LogP contribution in [0.1, 0.15) is 39.5 Å². The largest absolute Gasteiger partial charge is 0.344 e. The van der Waals surface area contributed by atoms with Gasteiger partial charge in [0.25, 0.3) is 0 Å². The molecule has 1 atom stereocenters. The van der Waals surface area contributed by atoms with E-state index < -0.39 is 0 Å². The van der Waals surface area contributed by atoms with Crippen LogP contribution in [0.15, 0.2) is 4.99 Å². The van der Waals surface area contributed by atoms with Crippen LogP contribution in [0.2, 0.25) is 0 Å². The Morgan fingerprint density at radius 1 is 1.36 bits per heavy atom. The zero-order valence-corrected chi connectivity index (χ0v) is 8.97. The first-order chi connectivity index (χ1) is 6.77. The lowest BCUT2D eigenvalue weighted by Crippen LogP contribution is -2.29. The molecule has 14 heavy (non-hydrogen) atoms. The molecule has 2 N–H and O–H groups in total. The molecule has 0 aromatic rings. The van der Waals surface area contributed by atoms with E-state index in [1.807, 2.05) is 0 Å². The van der Waals surface area contributed by atoms with Crippen LogP contribution in [0.5, 0.6) is 0 Å². The van der Waals surface area contributed by atoms with Crippen molar-refractivity contribution >= 4 is 11.9 Å². The third kappa shape index (κ3) is 3.01. The Morgan fingerprint density at radius 3 is 2.79 bits per heavy atom. The molecule has 1 heterocycles. The van der Waals surface area contributed by atoms with E-state index in [-0.39, 0.29) is 11.9 Å². The van der Waals surface area contributed by atoms with Gasteiger partial charge in [-0.1, -0.05) is 26.7 Å². The van der Waals surface area contributed by atoms with E-state index in [2.05, 4.69) is 29.5 Å². The van der Waals surface area contributed by atoms with Gasteiger partial charge in [0.1, 0.15) is 6.04 Å². The van der Waals surface area contributed by atoms with Gasteiger partial charge in [-0.15, -0.1) is 0 Å². The summed E-state index contributed by atoms with van der Waals surface area (Å²) in [5.74, 6) is 0.714. The van der Waals surface area contributed by atoms with E-state index in [9.17, 15) is 4.79 Å². The molecular weight excluding hydrogens is 178 g/mol. The highest BCUT2D eigenvalue weighted by Crippen LogP contribution is 2.04. The second kappa shape index (κ2) is 5.62. The van der Waals surface area contributed by atoms with Crippen LogP contribution in [-0.4, -0.2) is 24.5 Å². The molecule has 4 heteroatoms. The van der Waals surface area contributed by atoms with Crippen molar-refractivity contribution in [1.82, 2.24) is 10.6 Å². The van der Waals surface area contributed by atoms with Crippen molar-refractivity contribution < 1.29 is 4.79 Å². The van der Waals surface area contributed by atoms with Gasteiger partial charge < -0.3 is 5.32 Å². The monoisotopic (exact) mass is 197 g/mol. The Labute approximate surface area is 85.2 Å². The molecule has 1 unspecified atom stereocenters. The number of hydrogen-bond acceptors (Lipinski definition) is 2. The van der Waals surface area contributed by atoms with Crippen molar-refractivity contribution in [3.63, 3.8) is 0 Å². The first kappa shape index (κ1) is 11.0. The molecule has 0 aromatic heterocycles. The molecular formula is C10H19N3O. The highest BCUT2D eigenvalue weighted by molar-refractivity contribution is 6.06. The lowest BCUT2D eigenvalue weighted by Gasteiger charge is -2.05. The SMILES string of the molecule is CCCCC1NC(=NCCC)NC1=O. The topological polar surface area (TPSA) is 53.5 Å². The van der Waals surface area contributed by atoms with Crippen LogP contribution in [0.25, 0.3) is 0 Å². The zero-order chi connectivity index (χ0) is 10.4. The highest BCUT2D eigenvalue weighted by atomic mass is 16.2. The van der Waals surface area contributed by atoms with Gasteiger partial charge in [-0.3, -0.25) is 15.1 Å². The normalized spacial score (nSPS) is 23.7. The minimum Gasteiger partial charge on any atom is -0.344 e. The van der Waals surface area contributed by atoms with Gasteiger partial charge in [0.15, 0.2) is 5.96 Å². The lowest BCUT2D eigenvalue weighted by atomic mass is 10.1. The summed E-state index contributed by atoms with van der Waals surface area (Å²) in [6, 6.07) is -0.0643. The average molecular weight is 197 g/mol. The third-order valence-electron chi connectivity index (χ3n) is 2.21. The summed E-state index contributed by atoms with van der Waals surface area (Å²) in [7, 11) is 0. The van der Waals surface area contributed by atoms with E-state index >= 15 is 0 Å². The Balaban J connectivity index is 2.39. The van der Waals surface area contributed by atoms with E-state index in [0.29, 0.717) is 5.96 Å². The quantitative estimate of drug-likeness (QED) is 0.691. The number of aliphatic imine (C=N–C) groups is 1. The summed E-state index contributed by atoms with van der Waals surface area (Å²) in [6.45, 7) is 4.96. The predicted molar refractivity (Wildman–Crippen MR) is 57.2 cm³/mol. The van der Waals surface area contributed by atoms with Crippen molar-refractivity contribution in [3.8, 4) is 0 Å². The van der Waals surface area contributed by atoms with Crippen LogP contribution in [-0.2, 0) is 4.79 Å². The highest BCUT2D eigenvalue weighted by Gasteiger charge is 2.26. The number of nitrogens with one attached hydrogen (secondary N) is 2. The van der Waals surface area contributed by atoms with Crippen molar-refractivity contribution in [1.29, 1.82) is 0 Å². The number of amides is 1. The fraction of sp³-hybridized carbons (Fsp3) is 0.800. The van der Waals surface area contributed by atoms with E-state index in [0.717, 1.165) is 32.2 Å².